The molecule has 0 aromatic heterocycles. The molecule has 1 unspecified atom stereocenters. The highest BCUT2D eigenvalue weighted by Gasteiger charge is 2.38. The minimum absolute atomic E-state index is 0.299. The van der Waals surface area contributed by atoms with Crippen molar-refractivity contribution >= 4 is 0 Å². The Kier molecular flexibility index (Phi) is 2.08. The maximum absolute atomic E-state index is 9.08. The lowest BCUT2D eigenvalue weighted by molar-refractivity contribution is -0.00366. The third-order valence-corrected chi connectivity index (χ3v) is 3.30. The van der Waals surface area contributed by atoms with Gasteiger partial charge in [-0.3, -0.25) is 4.90 Å². The highest BCUT2D eigenvalue weighted by molar-refractivity contribution is 5.05. The van der Waals surface area contributed by atoms with Gasteiger partial charge in [0.2, 0.25) is 0 Å². The number of piperidine rings is 3. The van der Waals surface area contributed by atoms with Gasteiger partial charge in [0.25, 0.3) is 0 Å². The van der Waals surface area contributed by atoms with Gasteiger partial charge < -0.3 is 5.11 Å². The zero-order valence-corrected chi connectivity index (χ0v) is 7.24. The molecule has 3 saturated heterocycles. The lowest BCUT2D eigenvalue weighted by Crippen LogP contribution is -2.54. The molecule has 0 aromatic carbocycles. The molecule has 4 atom stereocenters. The van der Waals surface area contributed by atoms with Gasteiger partial charge in [-0.1, -0.05) is 0 Å². The monoisotopic (exact) mass is 165 g/mol. The highest BCUT2D eigenvalue weighted by atomic mass is 16.3. The molecule has 3 fully saturated rings. The number of hydrogen-bond acceptors (Lipinski definition) is 2. The number of aliphatic hydroxyl groups excluding tert-OH is 1. The largest absolute Gasteiger partial charge is 0.395 e. The molecule has 2 bridgehead atoms. The van der Waals surface area contributed by atoms with E-state index in [0.29, 0.717) is 24.5 Å². The van der Waals surface area contributed by atoms with Crippen LogP contribution in [-0.4, -0.2) is 35.7 Å². The summed E-state index contributed by atoms with van der Waals surface area (Å²) in [5, 5.41) is 9.08. The summed E-state index contributed by atoms with van der Waals surface area (Å²) < 4.78 is 0. The summed E-state index contributed by atoms with van der Waals surface area (Å²) in [6, 6.07) is 0.397. The lowest BCUT2D eigenvalue weighted by atomic mass is 9.76. The summed E-state index contributed by atoms with van der Waals surface area (Å²) in [4.78, 5) is 2.34. The summed E-state index contributed by atoms with van der Waals surface area (Å²) in [6.07, 6.45) is 7.77. The van der Waals surface area contributed by atoms with Gasteiger partial charge in [0.1, 0.15) is 0 Å². The first-order valence-electron chi connectivity index (χ1n) is 4.66. The standard InChI is InChI=1S/C10H15NO/c1-2-8-6-11-4-3-9(8)5-10(11)7-12/h1,8-10,12H,3-7H2/t8-,9+,10+/m0/s1. The third kappa shape index (κ3) is 1.14. The number of terminal acetylenes is 1. The second-order valence-corrected chi connectivity index (χ2v) is 3.89. The average molecular weight is 165 g/mol. The number of nitrogens with zero attached hydrogens (tertiary/aromatic N) is 1. The molecule has 0 aromatic rings. The van der Waals surface area contributed by atoms with Gasteiger partial charge in [-0.05, 0) is 25.3 Å². The van der Waals surface area contributed by atoms with Crippen LogP contribution in [0.3, 0.4) is 0 Å². The van der Waals surface area contributed by atoms with E-state index in [1.807, 2.05) is 0 Å². The Morgan fingerprint density at radius 3 is 2.92 bits per heavy atom. The van der Waals surface area contributed by atoms with Gasteiger partial charge in [-0.25, -0.2) is 0 Å². The Balaban J connectivity index is 2.07. The number of hydrogen-bond donors (Lipinski definition) is 1. The van der Waals surface area contributed by atoms with Crippen molar-refractivity contribution in [3.8, 4) is 12.3 Å². The average Bonchev–Trinajstić information content (AvgIpc) is 2.18. The number of fused-ring (bicyclic) bond motifs is 3. The van der Waals surface area contributed by atoms with Crippen LogP contribution in [0, 0.1) is 24.2 Å². The number of aliphatic hydroxyl groups is 1. The van der Waals surface area contributed by atoms with Crippen molar-refractivity contribution in [3.05, 3.63) is 0 Å². The van der Waals surface area contributed by atoms with E-state index in [-0.39, 0.29) is 0 Å². The van der Waals surface area contributed by atoms with Crippen molar-refractivity contribution in [2.24, 2.45) is 11.8 Å². The van der Waals surface area contributed by atoms with Gasteiger partial charge in [0, 0.05) is 18.5 Å². The van der Waals surface area contributed by atoms with Crippen LogP contribution < -0.4 is 0 Å². The van der Waals surface area contributed by atoms with Gasteiger partial charge in [0.05, 0.1) is 6.61 Å². The van der Waals surface area contributed by atoms with Crippen molar-refractivity contribution in [1.29, 1.82) is 0 Å². The third-order valence-electron chi connectivity index (χ3n) is 3.30. The molecule has 0 saturated carbocycles. The molecule has 12 heavy (non-hydrogen) atoms. The molecular weight excluding hydrogens is 150 g/mol. The van der Waals surface area contributed by atoms with Crippen molar-refractivity contribution in [2.75, 3.05) is 19.7 Å². The minimum Gasteiger partial charge on any atom is -0.395 e. The maximum Gasteiger partial charge on any atom is 0.0586 e. The predicted octanol–water partition coefficient (Wildman–Crippen LogP) is 0.322. The molecule has 3 rings (SSSR count). The summed E-state index contributed by atoms with van der Waals surface area (Å²) >= 11 is 0. The molecule has 0 aliphatic carbocycles. The summed E-state index contributed by atoms with van der Waals surface area (Å²) in [5.74, 6) is 3.98. The van der Waals surface area contributed by atoms with Crippen molar-refractivity contribution in [1.82, 2.24) is 4.90 Å². The van der Waals surface area contributed by atoms with Crippen molar-refractivity contribution in [3.63, 3.8) is 0 Å². The SMILES string of the molecule is C#C[C@H]1CN2CC[C@@H]1C[C@@H]2CO. The van der Waals surface area contributed by atoms with Gasteiger partial charge in [-0.15, -0.1) is 12.3 Å². The molecule has 3 heterocycles. The van der Waals surface area contributed by atoms with Crippen LogP contribution in [0.1, 0.15) is 12.8 Å². The van der Waals surface area contributed by atoms with E-state index in [0.717, 1.165) is 19.5 Å². The number of rotatable bonds is 1. The summed E-state index contributed by atoms with van der Waals surface area (Å²) in [6.45, 7) is 2.44. The maximum atomic E-state index is 9.08. The van der Waals surface area contributed by atoms with E-state index < -0.39 is 0 Å². The molecule has 3 aliphatic heterocycles. The molecule has 0 amide bonds. The van der Waals surface area contributed by atoms with Gasteiger partial charge >= 0.3 is 0 Å². The van der Waals surface area contributed by atoms with Crippen LogP contribution in [0.2, 0.25) is 0 Å². The van der Waals surface area contributed by atoms with Crippen LogP contribution >= 0.6 is 0 Å². The normalized spacial score (nSPS) is 45.7. The molecule has 3 aliphatic rings. The first-order valence-corrected chi connectivity index (χ1v) is 4.66. The zero-order valence-electron chi connectivity index (χ0n) is 7.24. The van der Waals surface area contributed by atoms with E-state index in [4.69, 9.17) is 11.5 Å². The second kappa shape index (κ2) is 3.08. The fraction of sp³-hybridized carbons (Fsp3) is 0.800. The quantitative estimate of drug-likeness (QED) is 0.566. The molecule has 0 radical (unpaired) electrons. The van der Waals surface area contributed by atoms with Crippen LogP contribution in [0.5, 0.6) is 0 Å². The van der Waals surface area contributed by atoms with E-state index >= 15 is 0 Å². The molecule has 0 spiro atoms. The Hall–Kier alpha value is -0.520. The zero-order chi connectivity index (χ0) is 8.55. The summed E-state index contributed by atoms with van der Waals surface area (Å²) in [5.41, 5.74) is 0. The molecule has 1 N–H and O–H groups in total. The first kappa shape index (κ1) is 8.10. The Morgan fingerprint density at radius 2 is 2.42 bits per heavy atom. The molecule has 2 nitrogen and oxygen atoms in total. The van der Waals surface area contributed by atoms with Crippen LogP contribution in [-0.2, 0) is 0 Å². The smallest absolute Gasteiger partial charge is 0.0586 e. The van der Waals surface area contributed by atoms with Gasteiger partial charge in [0.15, 0.2) is 0 Å². The van der Waals surface area contributed by atoms with Crippen LogP contribution in [0.25, 0.3) is 0 Å². The van der Waals surface area contributed by atoms with Crippen molar-refractivity contribution in [2.45, 2.75) is 18.9 Å². The fourth-order valence-corrected chi connectivity index (χ4v) is 2.52. The minimum atomic E-state index is 0.299. The Labute approximate surface area is 73.6 Å². The van der Waals surface area contributed by atoms with E-state index in [1.165, 1.54) is 6.42 Å². The van der Waals surface area contributed by atoms with Crippen LogP contribution in [0.4, 0.5) is 0 Å². The highest BCUT2D eigenvalue weighted by Crippen LogP contribution is 2.35. The Bertz CT molecular complexity index is 208. The van der Waals surface area contributed by atoms with Crippen molar-refractivity contribution < 1.29 is 5.11 Å². The second-order valence-electron chi connectivity index (χ2n) is 3.89. The fourth-order valence-electron chi connectivity index (χ4n) is 2.52. The van der Waals surface area contributed by atoms with E-state index in [9.17, 15) is 0 Å². The first-order chi connectivity index (χ1) is 5.85. The van der Waals surface area contributed by atoms with E-state index in [1.54, 1.807) is 0 Å². The lowest BCUT2D eigenvalue weighted by Gasteiger charge is -2.47. The predicted molar refractivity (Wildman–Crippen MR) is 47.5 cm³/mol. The molecular formula is C10H15NO. The molecule has 66 valence electrons. The Morgan fingerprint density at radius 1 is 1.58 bits per heavy atom. The molecule has 2 heteroatoms. The van der Waals surface area contributed by atoms with E-state index in [2.05, 4.69) is 10.8 Å². The summed E-state index contributed by atoms with van der Waals surface area (Å²) in [7, 11) is 0. The van der Waals surface area contributed by atoms with Crippen LogP contribution in [0.15, 0.2) is 0 Å². The van der Waals surface area contributed by atoms with Gasteiger partial charge in [-0.2, -0.15) is 0 Å². The topological polar surface area (TPSA) is 23.5 Å².